The van der Waals surface area contributed by atoms with Crippen LogP contribution in [-0.4, -0.2) is 37.8 Å². The molecular formula is C18H18F2N2O4. The molecule has 0 aliphatic carbocycles. The summed E-state index contributed by atoms with van der Waals surface area (Å²) in [4.78, 5) is 13.8. The fourth-order valence-corrected chi connectivity index (χ4v) is 2.46. The molecule has 0 unspecified atom stereocenters. The summed E-state index contributed by atoms with van der Waals surface area (Å²) in [6.07, 6.45) is 0. The van der Waals surface area contributed by atoms with Crippen LogP contribution in [0.1, 0.15) is 5.56 Å². The summed E-state index contributed by atoms with van der Waals surface area (Å²) in [5.74, 6) is 1.31. The molecule has 0 atom stereocenters. The van der Waals surface area contributed by atoms with Gasteiger partial charge in [0.25, 0.3) is 0 Å². The van der Waals surface area contributed by atoms with Gasteiger partial charge in [-0.25, -0.2) is 4.79 Å². The van der Waals surface area contributed by atoms with E-state index in [1.165, 1.54) is 17.0 Å². The van der Waals surface area contributed by atoms with Crippen molar-refractivity contribution in [2.75, 3.05) is 25.6 Å². The number of nitrogens with one attached hydrogen (secondary N) is 1. The summed E-state index contributed by atoms with van der Waals surface area (Å²) in [5.41, 5.74) is 1.37. The summed E-state index contributed by atoms with van der Waals surface area (Å²) in [6.45, 7) is -1.58. The molecule has 1 N–H and O–H groups in total. The number of alkyl halides is 2. The maximum Gasteiger partial charge on any atom is 0.387 e. The molecule has 8 heteroatoms. The molecule has 0 bridgehead atoms. The van der Waals surface area contributed by atoms with Gasteiger partial charge in [0.1, 0.15) is 19.0 Å². The molecule has 0 radical (unpaired) electrons. The van der Waals surface area contributed by atoms with Crippen molar-refractivity contribution in [2.24, 2.45) is 0 Å². The number of hydrogen-bond acceptors (Lipinski definition) is 4. The van der Waals surface area contributed by atoms with Crippen LogP contribution in [-0.2, 0) is 6.54 Å². The first-order chi connectivity index (χ1) is 12.5. The predicted molar refractivity (Wildman–Crippen MR) is 91.0 cm³/mol. The maximum atomic E-state index is 12.3. The zero-order valence-electron chi connectivity index (χ0n) is 14.1. The van der Waals surface area contributed by atoms with E-state index < -0.39 is 6.61 Å². The molecule has 1 heterocycles. The van der Waals surface area contributed by atoms with E-state index in [-0.39, 0.29) is 11.8 Å². The fraction of sp³-hybridized carbons (Fsp3) is 0.278. The van der Waals surface area contributed by atoms with Crippen LogP contribution < -0.4 is 19.5 Å². The third-order valence-electron chi connectivity index (χ3n) is 3.71. The van der Waals surface area contributed by atoms with Crippen molar-refractivity contribution in [2.45, 2.75) is 13.2 Å². The number of anilines is 1. The van der Waals surface area contributed by atoms with Gasteiger partial charge >= 0.3 is 12.6 Å². The molecule has 3 rings (SSSR count). The van der Waals surface area contributed by atoms with Gasteiger partial charge in [-0.1, -0.05) is 12.1 Å². The number of benzene rings is 2. The van der Waals surface area contributed by atoms with Crippen molar-refractivity contribution >= 4 is 11.7 Å². The molecule has 0 spiro atoms. The van der Waals surface area contributed by atoms with Gasteiger partial charge in [-0.05, 0) is 29.8 Å². The molecule has 2 amide bonds. The van der Waals surface area contributed by atoms with Gasteiger partial charge in [0.2, 0.25) is 0 Å². The topological polar surface area (TPSA) is 60.0 Å². The largest absolute Gasteiger partial charge is 0.486 e. The zero-order chi connectivity index (χ0) is 18.5. The summed E-state index contributed by atoms with van der Waals surface area (Å²) in [5, 5.41) is 2.78. The molecule has 6 nitrogen and oxygen atoms in total. The lowest BCUT2D eigenvalue weighted by atomic mass is 10.2. The number of urea groups is 1. The molecule has 0 saturated heterocycles. The lowest BCUT2D eigenvalue weighted by molar-refractivity contribution is -0.0498. The summed E-state index contributed by atoms with van der Waals surface area (Å²) in [6, 6.07) is 11.0. The number of halogens is 2. The Labute approximate surface area is 149 Å². The molecular weight excluding hydrogens is 346 g/mol. The minimum absolute atomic E-state index is 0.0760. The number of amides is 2. The number of ether oxygens (including phenoxy) is 3. The lowest BCUT2D eigenvalue weighted by Crippen LogP contribution is -2.30. The summed E-state index contributed by atoms with van der Waals surface area (Å²) >= 11 is 0. The van der Waals surface area contributed by atoms with Crippen molar-refractivity contribution in [1.82, 2.24) is 4.90 Å². The van der Waals surface area contributed by atoms with Gasteiger partial charge in [0, 0.05) is 25.3 Å². The monoisotopic (exact) mass is 364 g/mol. The number of carbonyl (C=O) groups is 1. The second kappa shape index (κ2) is 7.90. The second-order valence-electron chi connectivity index (χ2n) is 5.67. The fourth-order valence-electron chi connectivity index (χ4n) is 2.46. The number of fused-ring (bicyclic) bond motifs is 1. The van der Waals surface area contributed by atoms with Crippen molar-refractivity contribution < 1.29 is 27.8 Å². The first-order valence-corrected chi connectivity index (χ1v) is 7.97. The van der Waals surface area contributed by atoms with Gasteiger partial charge in [-0.15, -0.1) is 0 Å². The van der Waals surface area contributed by atoms with Crippen LogP contribution in [0.4, 0.5) is 19.3 Å². The van der Waals surface area contributed by atoms with Crippen molar-refractivity contribution in [3.63, 3.8) is 0 Å². The average molecular weight is 364 g/mol. The Morgan fingerprint density at radius 1 is 1.15 bits per heavy atom. The van der Waals surface area contributed by atoms with Gasteiger partial charge in [-0.3, -0.25) is 0 Å². The van der Waals surface area contributed by atoms with E-state index in [1.807, 2.05) is 0 Å². The number of carbonyl (C=O) groups excluding carboxylic acids is 1. The van der Waals surface area contributed by atoms with E-state index in [0.29, 0.717) is 36.9 Å². The molecule has 0 saturated carbocycles. The van der Waals surface area contributed by atoms with Crippen molar-refractivity contribution in [3.8, 4) is 17.2 Å². The van der Waals surface area contributed by atoms with E-state index in [9.17, 15) is 13.6 Å². The van der Waals surface area contributed by atoms with Gasteiger partial charge < -0.3 is 24.4 Å². The van der Waals surface area contributed by atoms with E-state index in [1.54, 1.807) is 37.4 Å². The Morgan fingerprint density at radius 2 is 1.85 bits per heavy atom. The highest BCUT2D eigenvalue weighted by molar-refractivity contribution is 5.89. The Hall–Kier alpha value is -3.03. The smallest absolute Gasteiger partial charge is 0.387 e. The van der Waals surface area contributed by atoms with E-state index in [2.05, 4.69) is 10.1 Å². The van der Waals surface area contributed by atoms with Crippen LogP contribution >= 0.6 is 0 Å². The highest BCUT2D eigenvalue weighted by Crippen LogP contribution is 2.32. The molecule has 2 aromatic carbocycles. The van der Waals surface area contributed by atoms with Crippen LogP contribution in [0, 0.1) is 0 Å². The molecule has 0 fully saturated rings. The Kier molecular flexibility index (Phi) is 5.40. The van der Waals surface area contributed by atoms with Gasteiger partial charge in [0.15, 0.2) is 11.5 Å². The van der Waals surface area contributed by atoms with E-state index in [4.69, 9.17) is 9.47 Å². The van der Waals surface area contributed by atoms with E-state index >= 15 is 0 Å². The van der Waals surface area contributed by atoms with Crippen molar-refractivity contribution in [1.29, 1.82) is 0 Å². The minimum Gasteiger partial charge on any atom is -0.486 e. The number of rotatable bonds is 5. The minimum atomic E-state index is -2.86. The van der Waals surface area contributed by atoms with Crippen LogP contribution in [0.15, 0.2) is 42.5 Å². The Balaban J connectivity index is 1.57. The lowest BCUT2D eigenvalue weighted by Gasteiger charge is -2.21. The van der Waals surface area contributed by atoms with E-state index in [0.717, 1.165) is 5.56 Å². The zero-order valence-corrected chi connectivity index (χ0v) is 14.1. The molecule has 1 aliphatic rings. The summed E-state index contributed by atoms with van der Waals surface area (Å²) in [7, 11) is 1.64. The Bertz CT molecular complexity index is 768. The standard InChI is InChI=1S/C18H18F2N2O4/c1-22(11-12-2-5-14(6-3-12)26-17(19)20)18(23)21-13-4-7-15-16(10-13)25-9-8-24-15/h2-7,10,17H,8-9,11H2,1H3,(H,21,23). The molecule has 2 aromatic rings. The van der Waals surface area contributed by atoms with Crippen LogP contribution in [0.3, 0.4) is 0 Å². The predicted octanol–water partition coefficient (Wildman–Crippen LogP) is 3.72. The first kappa shape index (κ1) is 17.8. The van der Waals surface area contributed by atoms with Crippen molar-refractivity contribution in [3.05, 3.63) is 48.0 Å². The molecule has 138 valence electrons. The number of hydrogen-bond donors (Lipinski definition) is 1. The van der Waals surface area contributed by atoms with Crippen LogP contribution in [0.2, 0.25) is 0 Å². The van der Waals surface area contributed by atoms with Crippen LogP contribution in [0.25, 0.3) is 0 Å². The molecule has 26 heavy (non-hydrogen) atoms. The molecule has 1 aliphatic heterocycles. The quantitative estimate of drug-likeness (QED) is 0.878. The summed E-state index contributed by atoms with van der Waals surface area (Å²) < 4.78 is 39.5. The Morgan fingerprint density at radius 3 is 2.54 bits per heavy atom. The third-order valence-corrected chi connectivity index (χ3v) is 3.71. The molecule has 0 aromatic heterocycles. The van der Waals surface area contributed by atoms with Gasteiger partial charge in [-0.2, -0.15) is 8.78 Å². The van der Waals surface area contributed by atoms with Crippen LogP contribution in [0.5, 0.6) is 17.2 Å². The maximum absolute atomic E-state index is 12.3. The van der Waals surface area contributed by atoms with Gasteiger partial charge in [0.05, 0.1) is 0 Å². The number of nitrogens with zero attached hydrogens (tertiary/aromatic N) is 1. The third kappa shape index (κ3) is 4.53. The highest BCUT2D eigenvalue weighted by Gasteiger charge is 2.14. The average Bonchev–Trinajstić information content (AvgIpc) is 2.62. The first-order valence-electron chi connectivity index (χ1n) is 7.97. The highest BCUT2D eigenvalue weighted by atomic mass is 19.3. The second-order valence-corrected chi connectivity index (χ2v) is 5.67. The SMILES string of the molecule is CN(Cc1ccc(OC(F)F)cc1)C(=O)Nc1ccc2c(c1)OCCO2. The normalized spacial score (nSPS) is 12.6.